The Bertz CT molecular complexity index is 6500. The van der Waals surface area contributed by atoms with Gasteiger partial charge in [0, 0.05) is 65.3 Å². The largest absolute Gasteiger partial charge is 0.294 e. The predicted molar refractivity (Wildman–Crippen MR) is 460 cm³/mol. The molecule has 10 heteroatoms. The first kappa shape index (κ1) is 65.1. The molecule has 524 valence electrons. The first-order valence-corrected chi connectivity index (χ1v) is 37.7. The summed E-state index contributed by atoms with van der Waals surface area (Å²) in [5.74, 6) is 3.44. The van der Waals surface area contributed by atoms with Crippen molar-refractivity contribution in [2.45, 2.75) is 0 Å². The molecule has 0 aliphatic rings. The summed E-state index contributed by atoms with van der Waals surface area (Å²) in [6.45, 7) is 0. The molecule has 12 aromatic carbocycles. The molecule has 0 bridgehead atoms. The van der Waals surface area contributed by atoms with Gasteiger partial charge in [-0.05, 0) is 156 Å². The fourth-order valence-electron chi connectivity index (χ4n) is 16.5. The molecule has 112 heavy (non-hydrogen) atoms. The first-order valence-electron chi connectivity index (χ1n) is 37.7. The second-order valence-corrected chi connectivity index (χ2v) is 28.1. The van der Waals surface area contributed by atoms with Crippen molar-refractivity contribution in [1.82, 2.24) is 48.2 Å². The number of benzene rings is 12. The molecule has 0 atom stereocenters. The molecule has 0 saturated heterocycles. The average Bonchev–Trinajstić information content (AvgIpc) is 1.55. The van der Waals surface area contributed by atoms with Crippen molar-refractivity contribution in [3.8, 4) is 113 Å². The third kappa shape index (κ3) is 11.4. The van der Waals surface area contributed by atoms with E-state index in [1.54, 1.807) is 0 Å². The fourth-order valence-corrected chi connectivity index (χ4v) is 16.5. The molecule has 0 aliphatic heterocycles. The zero-order valence-corrected chi connectivity index (χ0v) is 60.6. The molecular formula is C102H66N10. The second-order valence-electron chi connectivity index (χ2n) is 28.1. The van der Waals surface area contributed by atoms with Gasteiger partial charge in [-0.15, -0.1) is 0 Å². The Balaban J connectivity index is 0.000000141. The van der Waals surface area contributed by atoms with Crippen molar-refractivity contribution in [2.75, 3.05) is 0 Å². The Morgan fingerprint density at radius 1 is 0.134 bits per heavy atom. The van der Waals surface area contributed by atoms with Crippen LogP contribution in [0.1, 0.15) is 0 Å². The van der Waals surface area contributed by atoms with Crippen LogP contribution in [0, 0.1) is 0 Å². The van der Waals surface area contributed by atoms with Crippen molar-refractivity contribution >= 4 is 87.2 Å². The highest BCUT2D eigenvalue weighted by Crippen LogP contribution is 2.45. The van der Waals surface area contributed by atoms with Gasteiger partial charge >= 0.3 is 0 Å². The molecule has 0 amide bonds. The van der Waals surface area contributed by atoms with E-state index in [0.29, 0.717) is 0 Å². The summed E-state index contributed by atoms with van der Waals surface area (Å²) in [7, 11) is 0. The summed E-state index contributed by atoms with van der Waals surface area (Å²) < 4.78 is 9.20. The number of pyridine rings is 6. The smallest absolute Gasteiger partial charge is 0.138 e. The van der Waals surface area contributed by atoms with E-state index in [2.05, 4.69) is 346 Å². The maximum atomic E-state index is 5.33. The second kappa shape index (κ2) is 27.5. The zero-order valence-electron chi connectivity index (χ0n) is 60.6. The lowest BCUT2D eigenvalue weighted by atomic mass is 10.0. The van der Waals surface area contributed by atoms with E-state index in [4.69, 9.17) is 29.9 Å². The van der Waals surface area contributed by atoms with Crippen LogP contribution >= 0.6 is 0 Å². The highest BCUT2D eigenvalue weighted by molar-refractivity contribution is 6.30. The van der Waals surface area contributed by atoms with Gasteiger partial charge in [0.05, 0.1) is 89.7 Å². The lowest BCUT2D eigenvalue weighted by molar-refractivity contribution is 1.07. The molecule has 0 aliphatic carbocycles. The lowest BCUT2D eigenvalue weighted by Crippen LogP contribution is -2.00. The van der Waals surface area contributed by atoms with Crippen LogP contribution < -0.4 is 0 Å². The first-order chi connectivity index (χ1) is 55.6. The molecule has 10 aromatic heterocycles. The van der Waals surface area contributed by atoms with Crippen LogP contribution in [0.3, 0.4) is 0 Å². The van der Waals surface area contributed by atoms with Crippen LogP contribution in [0.4, 0.5) is 0 Å². The Labute approximate surface area is 645 Å². The minimum atomic E-state index is 0.818. The number of rotatable bonds is 12. The van der Waals surface area contributed by atoms with E-state index < -0.39 is 0 Å². The Kier molecular flexibility index (Phi) is 16.0. The van der Waals surface area contributed by atoms with Gasteiger partial charge in [0.1, 0.15) is 23.3 Å². The minimum Gasteiger partial charge on any atom is -0.294 e. The quantitative estimate of drug-likeness (QED) is 0.121. The Morgan fingerprint density at radius 2 is 0.348 bits per heavy atom. The molecule has 10 heterocycles. The monoisotopic (exact) mass is 1430 g/mol. The van der Waals surface area contributed by atoms with Crippen molar-refractivity contribution in [3.63, 3.8) is 0 Å². The van der Waals surface area contributed by atoms with Crippen molar-refractivity contribution in [3.05, 3.63) is 400 Å². The summed E-state index contributed by atoms with van der Waals surface area (Å²) >= 11 is 0. The van der Waals surface area contributed by atoms with Gasteiger partial charge in [-0.3, -0.25) is 18.3 Å². The molecular weight excluding hydrogens is 1370 g/mol. The van der Waals surface area contributed by atoms with Crippen LogP contribution in [0.25, 0.3) is 201 Å². The van der Waals surface area contributed by atoms with Crippen molar-refractivity contribution in [1.29, 1.82) is 0 Å². The number of hydrogen-bond donors (Lipinski definition) is 0. The molecule has 22 aromatic rings. The Morgan fingerprint density at radius 3 is 0.661 bits per heavy atom. The molecule has 0 saturated carbocycles. The van der Waals surface area contributed by atoms with E-state index in [1.165, 1.54) is 54.6 Å². The number of aromatic nitrogens is 10. The summed E-state index contributed by atoms with van der Waals surface area (Å²) in [5, 5.41) is 9.47. The van der Waals surface area contributed by atoms with Gasteiger partial charge in [0.15, 0.2) is 0 Å². The average molecular weight is 1430 g/mol. The van der Waals surface area contributed by atoms with Gasteiger partial charge in [-0.1, -0.05) is 267 Å². The minimum absolute atomic E-state index is 0.818. The summed E-state index contributed by atoms with van der Waals surface area (Å²) in [6, 6.07) is 140. The van der Waals surface area contributed by atoms with Gasteiger partial charge in [0.25, 0.3) is 0 Å². The number of fused-ring (bicyclic) bond motifs is 14. The van der Waals surface area contributed by atoms with E-state index in [0.717, 1.165) is 146 Å². The van der Waals surface area contributed by atoms with Crippen molar-refractivity contribution < 1.29 is 0 Å². The van der Waals surface area contributed by atoms with Crippen LogP contribution in [0.2, 0.25) is 0 Å². The summed E-state index contributed by atoms with van der Waals surface area (Å²) in [6.07, 6.45) is 0. The normalized spacial score (nSPS) is 11.6. The molecule has 10 nitrogen and oxygen atoms in total. The van der Waals surface area contributed by atoms with Gasteiger partial charge < -0.3 is 0 Å². The molecule has 0 spiro atoms. The maximum Gasteiger partial charge on any atom is 0.138 e. The standard InChI is InChI=1S/C52H34N4.C50H32N6/c1-3-15-35(16-4-1)37-19-11-21-39(33-37)43-25-13-29-49(53-43)55-45-27-9-7-23-41(45)51-47(55)31-32-48-52(51)42-24-8-10-28-46(42)56(48)50-30-14-26-44(54-50)40-22-12-20-38(34-40)36-17-5-2-6-18-36;1-3-15-33(16-4-1)37-21-11-23-39(51-37)41-25-13-29-47(53-41)55-43-27-9-7-19-35(43)49-45(55)31-32-46-50(49)36-20-8-10-28-44(36)56(46)48-30-14-26-42(54-48)40-24-12-22-38(52-40)34-17-5-2-6-18-34/h1-34H;1-32H. The molecule has 0 radical (unpaired) electrons. The van der Waals surface area contributed by atoms with Gasteiger partial charge in [-0.25, -0.2) is 29.9 Å². The summed E-state index contributed by atoms with van der Waals surface area (Å²) in [5.41, 5.74) is 24.9. The van der Waals surface area contributed by atoms with Crippen LogP contribution in [0.15, 0.2) is 400 Å². The number of hydrogen-bond acceptors (Lipinski definition) is 6. The number of nitrogens with zero attached hydrogens (tertiary/aromatic N) is 10. The molecule has 22 rings (SSSR count). The highest BCUT2D eigenvalue weighted by atomic mass is 15.1. The van der Waals surface area contributed by atoms with Crippen molar-refractivity contribution in [2.24, 2.45) is 0 Å². The van der Waals surface area contributed by atoms with Crippen LogP contribution in [-0.2, 0) is 0 Å². The molecule has 0 fully saturated rings. The third-order valence-electron chi connectivity index (χ3n) is 21.5. The van der Waals surface area contributed by atoms with Crippen LogP contribution in [-0.4, -0.2) is 48.2 Å². The lowest BCUT2D eigenvalue weighted by Gasteiger charge is -2.11. The molecule has 0 N–H and O–H groups in total. The van der Waals surface area contributed by atoms with Crippen LogP contribution in [0.5, 0.6) is 0 Å². The zero-order chi connectivity index (χ0) is 74.0. The molecule has 0 unspecified atom stereocenters. The maximum absolute atomic E-state index is 5.33. The number of para-hydroxylation sites is 4. The Hall–Kier alpha value is -15.3. The van der Waals surface area contributed by atoms with Gasteiger partial charge in [-0.2, -0.15) is 0 Å². The van der Waals surface area contributed by atoms with E-state index in [1.807, 2.05) is 72.8 Å². The van der Waals surface area contributed by atoms with Gasteiger partial charge in [0.2, 0.25) is 0 Å². The van der Waals surface area contributed by atoms with E-state index in [-0.39, 0.29) is 0 Å². The third-order valence-corrected chi connectivity index (χ3v) is 21.5. The fraction of sp³-hybridized carbons (Fsp3) is 0. The highest BCUT2D eigenvalue weighted by Gasteiger charge is 2.25. The topological polar surface area (TPSA) is 97.1 Å². The summed E-state index contributed by atoms with van der Waals surface area (Å²) in [4.78, 5) is 31.2. The SMILES string of the molecule is c1ccc(-c2cccc(-c3cccc(-n4c5ccccc5c5c6c7ccccc7n(-c7cccc(-c8cccc(-c9ccccc9)c8)n7)c6ccc54)n3)c2)cc1.c1ccc(-c2cccc(-c3cccc(-n4c5ccccc5c5c6c7ccccc7n(-c7cccc(-c8cccc(-c9ccccc9)n8)n7)c6ccc54)n3)n2)cc1. The predicted octanol–water partition coefficient (Wildman–Crippen LogP) is 25.5. The van der Waals surface area contributed by atoms with E-state index >= 15 is 0 Å². The van der Waals surface area contributed by atoms with E-state index in [9.17, 15) is 0 Å².